The third-order valence-electron chi connectivity index (χ3n) is 2.70. The molecule has 5 heteroatoms. The SMILES string of the molecule is CC(C)c1nnc(-c2cnn(C3CC3)c2)s1. The van der Waals surface area contributed by atoms with Crippen LogP contribution in [0, 0.1) is 0 Å². The lowest BCUT2D eigenvalue weighted by Crippen LogP contribution is -1.91. The molecule has 0 saturated heterocycles. The molecule has 16 heavy (non-hydrogen) atoms. The van der Waals surface area contributed by atoms with Crippen LogP contribution in [0.15, 0.2) is 12.4 Å². The van der Waals surface area contributed by atoms with E-state index in [1.807, 2.05) is 10.9 Å². The van der Waals surface area contributed by atoms with E-state index in [0.717, 1.165) is 15.6 Å². The van der Waals surface area contributed by atoms with Crippen LogP contribution < -0.4 is 0 Å². The van der Waals surface area contributed by atoms with E-state index in [0.29, 0.717) is 12.0 Å². The number of hydrogen-bond acceptors (Lipinski definition) is 4. The van der Waals surface area contributed by atoms with Crippen LogP contribution in [0.25, 0.3) is 10.6 Å². The van der Waals surface area contributed by atoms with Gasteiger partial charge in [0.15, 0.2) is 5.01 Å². The van der Waals surface area contributed by atoms with Crippen LogP contribution in [0.4, 0.5) is 0 Å². The van der Waals surface area contributed by atoms with E-state index < -0.39 is 0 Å². The Kier molecular flexibility index (Phi) is 2.28. The van der Waals surface area contributed by atoms with E-state index in [4.69, 9.17) is 0 Å². The summed E-state index contributed by atoms with van der Waals surface area (Å²) in [4.78, 5) is 0. The van der Waals surface area contributed by atoms with Crippen LogP contribution in [0.3, 0.4) is 0 Å². The molecule has 1 saturated carbocycles. The van der Waals surface area contributed by atoms with Crippen molar-refractivity contribution in [2.24, 2.45) is 0 Å². The van der Waals surface area contributed by atoms with Gasteiger partial charge in [-0.05, 0) is 12.8 Å². The second-order valence-electron chi connectivity index (χ2n) is 4.54. The third kappa shape index (κ3) is 1.75. The van der Waals surface area contributed by atoms with Gasteiger partial charge in [0.1, 0.15) is 5.01 Å². The fraction of sp³-hybridized carbons (Fsp3) is 0.545. The van der Waals surface area contributed by atoms with Gasteiger partial charge in [0.2, 0.25) is 0 Å². The van der Waals surface area contributed by atoms with E-state index in [9.17, 15) is 0 Å². The Hall–Kier alpha value is -1.23. The summed E-state index contributed by atoms with van der Waals surface area (Å²) in [7, 11) is 0. The molecule has 0 radical (unpaired) electrons. The highest BCUT2D eigenvalue weighted by molar-refractivity contribution is 7.14. The van der Waals surface area contributed by atoms with Crippen molar-refractivity contribution in [2.45, 2.75) is 38.6 Å². The van der Waals surface area contributed by atoms with Crippen molar-refractivity contribution >= 4 is 11.3 Å². The van der Waals surface area contributed by atoms with Crippen LogP contribution in [0.1, 0.15) is 43.7 Å². The Balaban J connectivity index is 1.88. The summed E-state index contributed by atoms with van der Waals surface area (Å²) in [5.74, 6) is 0.449. The molecule has 0 amide bonds. The normalized spacial score (nSPS) is 15.9. The zero-order chi connectivity index (χ0) is 11.1. The maximum atomic E-state index is 4.36. The van der Waals surface area contributed by atoms with Crippen LogP contribution in [-0.2, 0) is 0 Å². The highest BCUT2D eigenvalue weighted by atomic mass is 32.1. The Morgan fingerprint density at radius 2 is 2.19 bits per heavy atom. The quantitative estimate of drug-likeness (QED) is 0.820. The lowest BCUT2D eigenvalue weighted by molar-refractivity contribution is 0.642. The van der Waals surface area contributed by atoms with E-state index in [-0.39, 0.29) is 0 Å². The number of aromatic nitrogens is 4. The lowest BCUT2D eigenvalue weighted by atomic mass is 10.2. The van der Waals surface area contributed by atoms with Crippen molar-refractivity contribution in [1.29, 1.82) is 0 Å². The first-order valence-corrected chi connectivity index (χ1v) is 6.43. The van der Waals surface area contributed by atoms with Crippen LogP contribution in [-0.4, -0.2) is 20.0 Å². The summed E-state index contributed by atoms with van der Waals surface area (Å²) < 4.78 is 2.05. The Morgan fingerprint density at radius 1 is 1.38 bits per heavy atom. The molecule has 0 N–H and O–H groups in total. The fourth-order valence-corrected chi connectivity index (χ4v) is 2.39. The van der Waals surface area contributed by atoms with Gasteiger partial charge in [-0.2, -0.15) is 5.10 Å². The summed E-state index contributed by atoms with van der Waals surface area (Å²) in [6.07, 6.45) is 6.49. The lowest BCUT2D eigenvalue weighted by Gasteiger charge is -1.93. The molecule has 1 aliphatic carbocycles. The van der Waals surface area contributed by atoms with Crippen molar-refractivity contribution in [2.75, 3.05) is 0 Å². The van der Waals surface area contributed by atoms with Gasteiger partial charge in [-0.15, -0.1) is 10.2 Å². The molecule has 0 bridgehead atoms. The molecule has 0 spiro atoms. The van der Waals surface area contributed by atoms with Crippen LogP contribution >= 0.6 is 11.3 Å². The van der Waals surface area contributed by atoms with Crippen LogP contribution in [0.5, 0.6) is 0 Å². The molecule has 0 atom stereocenters. The average Bonchev–Trinajstić information content (AvgIpc) is 2.83. The molecule has 2 aromatic heterocycles. The minimum absolute atomic E-state index is 0.449. The van der Waals surface area contributed by atoms with Crippen molar-refractivity contribution < 1.29 is 0 Å². The highest BCUT2D eigenvalue weighted by Gasteiger charge is 2.24. The minimum Gasteiger partial charge on any atom is -0.269 e. The van der Waals surface area contributed by atoms with Crippen molar-refractivity contribution in [3.8, 4) is 10.6 Å². The number of hydrogen-bond donors (Lipinski definition) is 0. The predicted octanol–water partition coefficient (Wildman–Crippen LogP) is 2.86. The summed E-state index contributed by atoms with van der Waals surface area (Å²) in [6, 6.07) is 0.631. The summed E-state index contributed by atoms with van der Waals surface area (Å²) in [5, 5.41) is 14.8. The Morgan fingerprint density at radius 3 is 2.81 bits per heavy atom. The smallest absolute Gasteiger partial charge is 0.150 e. The molecule has 0 aliphatic heterocycles. The molecule has 4 nitrogen and oxygen atoms in total. The maximum Gasteiger partial charge on any atom is 0.150 e. The van der Waals surface area contributed by atoms with E-state index >= 15 is 0 Å². The molecular formula is C11H14N4S. The van der Waals surface area contributed by atoms with E-state index in [1.165, 1.54) is 12.8 Å². The molecule has 0 aromatic carbocycles. The Labute approximate surface area is 98.3 Å². The maximum absolute atomic E-state index is 4.36. The molecule has 1 fully saturated rings. The molecule has 84 valence electrons. The van der Waals surface area contributed by atoms with Gasteiger partial charge in [0.05, 0.1) is 17.8 Å². The van der Waals surface area contributed by atoms with Gasteiger partial charge in [-0.25, -0.2) is 0 Å². The molecule has 2 aromatic rings. The van der Waals surface area contributed by atoms with E-state index in [2.05, 4.69) is 35.3 Å². The Bertz CT molecular complexity index is 457. The molecular weight excluding hydrogens is 220 g/mol. The van der Waals surface area contributed by atoms with Crippen molar-refractivity contribution in [3.05, 3.63) is 17.4 Å². The van der Waals surface area contributed by atoms with Gasteiger partial charge in [0, 0.05) is 12.1 Å². The first-order valence-electron chi connectivity index (χ1n) is 5.62. The molecule has 0 unspecified atom stereocenters. The van der Waals surface area contributed by atoms with E-state index in [1.54, 1.807) is 11.3 Å². The standard InChI is InChI=1S/C11H14N4S/c1-7(2)10-13-14-11(16-10)8-5-12-15(6-8)9-3-4-9/h5-7,9H,3-4H2,1-2H3. The summed E-state index contributed by atoms with van der Waals surface area (Å²) >= 11 is 1.66. The fourth-order valence-electron chi connectivity index (χ4n) is 1.57. The third-order valence-corrected chi connectivity index (χ3v) is 3.98. The zero-order valence-electron chi connectivity index (χ0n) is 9.42. The minimum atomic E-state index is 0.449. The topological polar surface area (TPSA) is 43.6 Å². The summed E-state index contributed by atoms with van der Waals surface area (Å²) in [5.41, 5.74) is 1.09. The predicted molar refractivity (Wildman–Crippen MR) is 63.5 cm³/mol. The molecule has 3 rings (SSSR count). The van der Waals surface area contributed by atoms with Crippen molar-refractivity contribution in [1.82, 2.24) is 20.0 Å². The van der Waals surface area contributed by atoms with Gasteiger partial charge < -0.3 is 0 Å². The highest BCUT2D eigenvalue weighted by Crippen LogP contribution is 2.35. The average molecular weight is 234 g/mol. The second kappa shape index (κ2) is 3.66. The van der Waals surface area contributed by atoms with Gasteiger partial charge >= 0.3 is 0 Å². The first kappa shape index (κ1) is 9.96. The second-order valence-corrected chi connectivity index (χ2v) is 5.55. The monoisotopic (exact) mass is 234 g/mol. The number of rotatable bonds is 3. The van der Waals surface area contributed by atoms with Crippen molar-refractivity contribution in [3.63, 3.8) is 0 Å². The first-order chi connectivity index (χ1) is 7.74. The van der Waals surface area contributed by atoms with Gasteiger partial charge in [-0.1, -0.05) is 25.2 Å². The van der Waals surface area contributed by atoms with Gasteiger partial charge in [0.25, 0.3) is 0 Å². The molecule has 2 heterocycles. The zero-order valence-corrected chi connectivity index (χ0v) is 10.2. The number of nitrogens with zero attached hydrogens (tertiary/aromatic N) is 4. The van der Waals surface area contributed by atoms with Gasteiger partial charge in [-0.3, -0.25) is 4.68 Å². The largest absolute Gasteiger partial charge is 0.269 e. The van der Waals surface area contributed by atoms with Crippen LogP contribution in [0.2, 0.25) is 0 Å². The molecule has 1 aliphatic rings. The summed E-state index contributed by atoms with van der Waals surface area (Å²) in [6.45, 7) is 4.27.